The number of halogens is 1. The summed E-state index contributed by atoms with van der Waals surface area (Å²) in [5.41, 5.74) is 1.68. The monoisotopic (exact) mass is 412 g/mol. The van der Waals surface area contributed by atoms with Crippen LogP contribution in [0.4, 0.5) is 5.69 Å². The van der Waals surface area contributed by atoms with E-state index in [1.54, 1.807) is 35.7 Å². The zero-order chi connectivity index (χ0) is 19.9. The molecule has 1 heterocycles. The van der Waals surface area contributed by atoms with Gasteiger partial charge in [-0.15, -0.1) is 17.9 Å². The summed E-state index contributed by atoms with van der Waals surface area (Å²) in [5.74, 6) is -0.991. The van der Waals surface area contributed by atoms with Gasteiger partial charge in [-0.25, -0.2) is 9.78 Å². The largest absolute Gasteiger partial charge is 0.451 e. The number of nitrogens with zero attached hydrogens (tertiary/aromatic N) is 2. The van der Waals surface area contributed by atoms with Crippen LogP contribution in [0.5, 0.6) is 0 Å². The molecule has 142 valence electrons. The number of carbonyl (C=O) groups excluding carboxylic acids is 2. The van der Waals surface area contributed by atoms with Crippen LogP contribution in [0.2, 0.25) is 5.02 Å². The van der Waals surface area contributed by atoms with Gasteiger partial charge in [0.05, 0.1) is 0 Å². The van der Waals surface area contributed by atoms with E-state index in [2.05, 4.69) is 11.6 Å². The number of carbonyl (C=O) groups is 2. The molecule has 1 amide bonds. The molecule has 7 heteroatoms. The number of para-hydroxylation sites is 1. The smallest absolute Gasteiger partial charge is 0.358 e. The summed E-state index contributed by atoms with van der Waals surface area (Å²) in [6, 6.07) is 16.3. The second-order valence-corrected chi connectivity index (χ2v) is 7.05. The van der Waals surface area contributed by atoms with Gasteiger partial charge in [0.25, 0.3) is 5.91 Å². The molecule has 0 bridgehead atoms. The van der Waals surface area contributed by atoms with Crippen molar-refractivity contribution >= 4 is 40.5 Å². The Balaban J connectivity index is 1.65. The number of ether oxygens (including phenoxy) is 1. The van der Waals surface area contributed by atoms with Gasteiger partial charge in [-0.1, -0.05) is 48.0 Å². The van der Waals surface area contributed by atoms with E-state index in [0.29, 0.717) is 22.3 Å². The van der Waals surface area contributed by atoms with E-state index in [1.807, 2.05) is 30.3 Å². The summed E-state index contributed by atoms with van der Waals surface area (Å²) in [6.45, 7) is 3.60. The van der Waals surface area contributed by atoms with E-state index in [9.17, 15) is 9.59 Å². The van der Waals surface area contributed by atoms with Crippen molar-refractivity contribution in [2.45, 2.75) is 0 Å². The van der Waals surface area contributed by atoms with E-state index < -0.39 is 5.97 Å². The molecule has 3 aromatic rings. The highest BCUT2D eigenvalue weighted by Crippen LogP contribution is 2.26. The summed E-state index contributed by atoms with van der Waals surface area (Å²) in [6.07, 6.45) is 1.62. The average molecular weight is 413 g/mol. The molecule has 0 fully saturated rings. The van der Waals surface area contributed by atoms with Crippen LogP contribution in [0.15, 0.2) is 72.6 Å². The predicted molar refractivity (Wildman–Crippen MR) is 112 cm³/mol. The maximum Gasteiger partial charge on any atom is 0.358 e. The van der Waals surface area contributed by atoms with Gasteiger partial charge < -0.3 is 9.64 Å². The maximum absolute atomic E-state index is 12.5. The molecule has 3 rings (SSSR count). The fourth-order valence-electron chi connectivity index (χ4n) is 2.49. The van der Waals surface area contributed by atoms with Crippen molar-refractivity contribution in [1.82, 2.24) is 4.98 Å². The topological polar surface area (TPSA) is 59.5 Å². The molecule has 2 aromatic carbocycles. The van der Waals surface area contributed by atoms with Crippen molar-refractivity contribution in [1.29, 1.82) is 0 Å². The Bertz CT molecular complexity index is 988. The van der Waals surface area contributed by atoms with E-state index in [4.69, 9.17) is 16.3 Å². The molecule has 0 N–H and O–H groups in total. The summed E-state index contributed by atoms with van der Waals surface area (Å²) >= 11 is 7.30. The molecular formula is C21H17ClN2O3S. The molecule has 0 aliphatic rings. The highest BCUT2D eigenvalue weighted by atomic mass is 35.5. The lowest BCUT2D eigenvalue weighted by Gasteiger charge is -2.20. The Kier molecular flexibility index (Phi) is 6.57. The molecule has 0 atom stereocenters. The van der Waals surface area contributed by atoms with Crippen LogP contribution in [0.25, 0.3) is 10.6 Å². The summed E-state index contributed by atoms with van der Waals surface area (Å²) < 4.78 is 5.17. The summed E-state index contributed by atoms with van der Waals surface area (Å²) in [5, 5.41) is 2.84. The van der Waals surface area contributed by atoms with Gasteiger partial charge in [0.1, 0.15) is 5.01 Å². The van der Waals surface area contributed by atoms with Crippen LogP contribution in [0.1, 0.15) is 10.5 Å². The third-order valence-electron chi connectivity index (χ3n) is 3.79. The van der Waals surface area contributed by atoms with Gasteiger partial charge in [-0.2, -0.15) is 0 Å². The molecule has 1 aromatic heterocycles. The first kappa shape index (κ1) is 19.8. The second-order valence-electron chi connectivity index (χ2n) is 5.75. The molecule has 0 saturated carbocycles. The third-order valence-corrected chi connectivity index (χ3v) is 4.92. The van der Waals surface area contributed by atoms with E-state index in [0.717, 1.165) is 5.56 Å². The van der Waals surface area contributed by atoms with E-state index in [1.165, 1.54) is 16.2 Å². The number of hydrogen-bond donors (Lipinski definition) is 0. The molecular weight excluding hydrogens is 396 g/mol. The van der Waals surface area contributed by atoms with Crippen molar-refractivity contribution in [2.75, 3.05) is 18.1 Å². The maximum atomic E-state index is 12.5. The van der Waals surface area contributed by atoms with Crippen LogP contribution >= 0.6 is 22.9 Å². The minimum Gasteiger partial charge on any atom is -0.451 e. The van der Waals surface area contributed by atoms with Crippen LogP contribution < -0.4 is 4.90 Å². The Hall–Kier alpha value is -2.96. The summed E-state index contributed by atoms with van der Waals surface area (Å²) in [7, 11) is 0. The van der Waals surface area contributed by atoms with Crippen molar-refractivity contribution in [3.8, 4) is 10.6 Å². The quantitative estimate of drug-likeness (QED) is 0.411. The van der Waals surface area contributed by atoms with Crippen molar-refractivity contribution < 1.29 is 14.3 Å². The van der Waals surface area contributed by atoms with Crippen LogP contribution in [0.3, 0.4) is 0 Å². The average Bonchev–Trinajstić information content (AvgIpc) is 3.21. The normalized spacial score (nSPS) is 10.3. The van der Waals surface area contributed by atoms with Gasteiger partial charge in [0, 0.05) is 28.2 Å². The van der Waals surface area contributed by atoms with Crippen molar-refractivity contribution in [3.63, 3.8) is 0 Å². The Morgan fingerprint density at radius 2 is 1.96 bits per heavy atom. The van der Waals surface area contributed by atoms with Crippen molar-refractivity contribution in [3.05, 3.63) is 83.3 Å². The lowest BCUT2D eigenvalue weighted by Crippen LogP contribution is -2.34. The number of benzene rings is 2. The molecule has 0 spiro atoms. The number of amides is 1. The lowest BCUT2D eigenvalue weighted by atomic mass is 10.2. The molecule has 5 nitrogen and oxygen atoms in total. The fraction of sp³-hybridized carbons (Fsp3) is 0.0952. The SMILES string of the molecule is C=CCN(C(=O)COC(=O)c1csc(-c2cccc(Cl)c2)n1)c1ccccc1. The van der Waals surface area contributed by atoms with E-state index in [-0.39, 0.29) is 18.2 Å². The minimum atomic E-state index is -0.649. The Labute approximate surface area is 171 Å². The molecule has 0 saturated heterocycles. The molecule has 0 aliphatic heterocycles. The second kappa shape index (κ2) is 9.30. The van der Waals surface area contributed by atoms with Crippen molar-refractivity contribution in [2.24, 2.45) is 0 Å². The first-order valence-electron chi connectivity index (χ1n) is 8.43. The number of esters is 1. The number of anilines is 1. The first-order valence-corrected chi connectivity index (χ1v) is 9.69. The van der Waals surface area contributed by atoms with E-state index >= 15 is 0 Å². The summed E-state index contributed by atoms with van der Waals surface area (Å²) in [4.78, 5) is 30.6. The zero-order valence-corrected chi connectivity index (χ0v) is 16.4. The minimum absolute atomic E-state index is 0.155. The van der Waals surface area contributed by atoms with Gasteiger partial charge in [-0.3, -0.25) is 4.79 Å². The van der Waals surface area contributed by atoms with Gasteiger partial charge in [0.15, 0.2) is 12.3 Å². The number of rotatable bonds is 7. The standard InChI is InChI=1S/C21H17ClN2O3S/c1-2-11-24(17-9-4-3-5-10-17)19(25)13-27-21(26)18-14-28-20(23-18)15-7-6-8-16(22)12-15/h2-10,12,14H,1,11,13H2. The van der Waals surface area contributed by atoms with Crippen LogP contribution in [0, 0.1) is 0 Å². The first-order chi connectivity index (χ1) is 13.6. The highest BCUT2D eigenvalue weighted by Gasteiger charge is 2.19. The van der Waals surface area contributed by atoms with Gasteiger partial charge in [-0.05, 0) is 24.3 Å². The predicted octanol–water partition coefficient (Wildman–Crippen LogP) is 4.84. The number of thiazole rings is 1. The molecule has 0 unspecified atom stereocenters. The Morgan fingerprint density at radius 3 is 2.68 bits per heavy atom. The highest BCUT2D eigenvalue weighted by molar-refractivity contribution is 7.13. The van der Waals surface area contributed by atoms with Gasteiger partial charge >= 0.3 is 5.97 Å². The molecule has 28 heavy (non-hydrogen) atoms. The third kappa shape index (κ3) is 4.85. The van der Waals surface area contributed by atoms with Gasteiger partial charge in [0.2, 0.25) is 0 Å². The Morgan fingerprint density at radius 1 is 1.18 bits per heavy atom. The number of aromatic nitrogens is 1. The van der Waals surface area contributed by atoms with Crippen LogP contribution in [-0.2, 0) is 9.53 Å². The fourth-order valence-corrected chi connectivity index (χ4v) is 3.47. The molecule has 0 radical (unpaired) electrons. The lowest BCUT2D eigenvalue weighted by molar-refractivity contribution is -0.121. The van der Waals surface area contributed by atoms with Crippen LogP contribution in [-0.4, -0.2) is 30.0 Å². The zero-order valence-electron chi connectivity index (χ0n) is 14.9. The number of hydrogen-bond acceptors (Lipinski definition) is 5. The molecule has 0 aliphatic carbocycles.